The first kappa shape index (κ1) is 25.5. The van der Waals surface area contributed by atoms with E-state index in [0.717, 1.165) is 0 Å². The van der Waals surface area contributed by atoms with E-state index in [1.165, 1.54) is 66.1 Å². The monoisotopic (exact) mass is 534 g/mol. The molecule has 7 rings (SSSR count). The van der Waals surface area contributed by atoms with E-state index < -0.39 is 0 Å². The number of benzene rings is 7. The molecule has 7 aromatic rings. The van der Waals surface area contributed by atoms with Crippen LogP contribution in [0.3, 0.4) is 0 Å². The van der Waals surface area contributed by atoms with Gasteiger partial charge in [0.05, 0.1) is 0 Å². The zero-order chi connectivity index (χ0) is 28.1. The minimum Gasteiger partial charge on any atom is -0.0622 e. The normalized spacial score (nSPS) is 12.1. The Kier molecular flexibility index (Phi) is 7.02. The van der Waals surface area contributed by atoms with Gasteiger partial charge in [-0.05, 0) is 90.4 Å². The first-order chi connectivity index (χ1) is 20.8. The number of rotatable bonds is 6. The second kappa shape index (κ2) is 11.6. The van der Waals surface area contributed by atoms with Gasteiger partial charge in [-0.25, -0.2) is 0 Å². The summed E-state index contributed by atoms with van der Waals surface area (Å²) < 4.78 is 0. The molecular weight excluding hydrogens is 504 g/mol. The van der Waals surface area contributed by atoms with Crippen molar-refractivity contribution in [2.45, 2.75) is 0 Å². The molecule has 0 nitrogen and oxygen atoms in total. The van der Waals surface area contributed by atoms with Crippen LogP contribution in [0.2, 0.25) is 0 Å². The van der Waals surface area contributed by atoms with E-state index in [1.54, 1.807) is 0 Å². The smallest absolute Gasteiger partial charge is 0.0105 e. The molecule has 198 valence electrons. The van der Waals surface area contributed by atoms with Gasteiger partial charge in [0.25, 0.3) is 0 Å². The molecule has 0 heterocycles. The van der Waals surface area contributed by atoms with Crippen molar-refractivity contribution in [3.63, 3.8) is 0 Å². The highest BCUT2D eigenvalue weighted by molar-refractivity contribution is 5.97. The Morgan fingerprint density at radius 2 is 0.643 bits per heavy atom. The Morgan fingerprint density at radius 1 is 0.286 bits per heavy atom. The average molecular weight is 535 g/mol. The third-order valence-corrected chi connectivity index (χ3v) is 7.85. The Balaban J connectivity index is 1.28. The van der Waals surface area contributed by atoms with Gasteiger partial charge < -0.3 is 0 Å². The minimum atomic E-state index is 1.17. The van der Waals surface area contributed by atoms with Crippen LogP contribution >= 0.6 is 0 Å². The maximum atomic E-state index is 2.30. The first-order valence-electron chi connectivity index (χ1n) is 14.4. The highest BCUT2D eigenvalue weighted by Gasteiger charge is 2.09. The average Bonchev–Trinajstić information content (AvgIpc) is 3.07. The molecule has 0 saturated carbocycles. The summed E-state index contributed by atoms with van der Waals surface area (Å²) in [5.74, 6) is 0. The van der Waals surface area contributed by atoms with Crippen molar-refractivity contribution in [1.29, 1.82) is 0 Å². The molecule has 0 fully saturated rings. The van der Waals surface area contributed by atoms with Gasteiger partial charge in [-0.1, -0.05) is 158 Å². The van der Waals surface area contributed by atoms with Gasteiger partial charge in [-0.15, -0.1) is 0 Å². The predicted octanol–water partition coefficient (Wildman–Crippen LogP) is 11.2. The van der Waals surface area contributed by atoms with Crippen LogP contribution < -0.4 is 0 Å². The fourth-order valence-corrected chi connectivity index (χ4v) is 5.64. The van der Waals surface area contributed by atoms with Crippen molar-refractivity contribution in [2.75, 3.05) is 0 Å². The zero-order valence-electron chi connectivity index (χ0n) is 23.3. The molecule has 0 aliphatic carbocycles. The zero-order valence-corrected chi connectivity index (χ0v) is 23.3. The van der Waals surface area contributed by atoms with Crippen molar-refractivity contribution in [2.24, 2.45) is 0 Å². The van der Waals surface area contributed by atoms with Crippen molar-refractivity contribution in [1.82, 2.24) is 0 Å². The fourth-order valence-electron chi connectivity index (χ4n) is 5.64. The maximum Gasteiger partial charge on any atom is -0.0105 e. The van der Waals surface area contributed by atoms with Crippen LogP contribution in [0.5, 0.6) is 0 Å². The highest BCUT2D eigenvalue weighted by Crippen LogP contribution is 2.31. The van der Waals surface area contributed by atoms with Gasteiger partial charge in [0.1, 0.15) is 0 Å². The Hall–Kier alpha value is -5.46. The molecule has 7 aromatic carbocycles. The summed E-state index contributed by atoms with van der Waals surface area (Å²) in [4.78, 5) is 0. The maximum absolute atomic E-state index is 2.30. The van der Waals surface area contributed by atoms with Gasteiger partial charge in [0.15, 0.2) is 0 Å². The van der Waals surface area contributed by atoms with Gasteiger partial charge in [0.2, 0.25) is 0 Å². The summed E-state index contributed by atoms with van der Waals surface area (Å²) in [6, 6.07) is 60.8. The molecular formula is C42H30. The molecule has 0 spiro atoms. The van der Waals surface area contributed by atoms with E-state index in [1.807, 2.05) is 0 Å². The molecule has 42 heavy (non-hydrogen) atoms. The van der Waals surface area contributed by atoms with Crippen LogP contribution in [-0.2, 0) is 0 Å². The van der Waals surface area contributed by atoms with Gasteiger partial charge in [-0.2, -0.15) is 0 Å². The number of fused-ring (bicyclic) bond motifs is 2. The topological polar surface area (TPSA) is 0 Å². The quantitative estimate of drug-likeness (QED) is 0.186. The molecule has 0 unspecified atom stereocenters. The van der Waals surface area contributed by atoms with Gasteiger partial charge >= 0.3 is 0 Å². The van der Waals surface area contributed by atoms with E-state index in [9.17, 15) is 0 Å². The lowest BCUT2D eigenvalue weighted by atomic mass is 9.92. The van der Waals surface area contributed by atoms with Gasteiger partial charge in [-0.3, -0.25) is 0 Å². The molecule has 0 aromatic heterocycles. The summed E-state index contributed by atoms with van der Waals surface area (Å²) in [7, 11) is 0. The Morgan fingerprint density at radius 3 is 1.05 bits per heavy atom. The predicted molar refractivity (Wildman–Crippen MR) is 181 cm³/mol. The van der Waals surface area contributed by atoms with E-state index in [4.69, 9.17) is 0 Å². The molecule has 0 amide bonds. The second-order valence-electron chi connectivity index (χ2n) is 10.6. The number of hydrogen-bond acceptors (Lipinski definition) is 0. The van der Waals surface area contributed by atoms with E-state index in [-0.39, 0.29) is 0 Å². The summed E-state index contributed by atoms with van der Waals surface area (Å²) >= 11 is 0. The highest BCUT2D eigenvalue weighted by atomic mass is 14.1. The largest absolute Gasteiger partial charge is 0.0622 e. The van der Waals surface area contributed by atoms with Crippen molar-refractivity contribution < 1.29 is 0 Å². The lowest BCUT2D eigenvalue weighted by Gasteiger charge is -2.12. The lowest BCUT2D eigenvalue weighted by Crippen LogP contribution is -1.90. The van der Waals surface area contributed by atoms with Crippen LogP contribution in [0, 0.1) is 0 Å². The molecule has 0 radical (unpaired) electrons. The van der Waals surface area contributed by atoms with Crippen molar-refractivity contribution in [3.8, 4) is 0 Å². The Bertz CT molecular complexity index is 1890. The molecule has 0 aliphatic heterocycles. The summed E-state index contributed by atoms with van der Waals surface area (Å²) in [6.45, 7) is 0. The van der Waals surface area contributed by atoms with Crippen LogP contribution in [-0.4, -0.2) is 0 Å². The number of hydrogen-bond donors (Lipinski definition) is 0. The molecule has 0 atom stereocenters. The molecule has 0 saturated heterocycles. The van der Waals surface area contributed by atoms with Crippen LogP contribution in [0.1, 0.15) is 33.4 Å². The molecule has 0 heteroatoms. The van der Waals surface area contributed by atoms with Gasteiger partial charge in [0, 0.05) is 0 Å². The van der Waals surface area contributed by atoms with E-state index in [0.29, 0.717) is 0 Å². The van der Waals surface area contributed by atoms with Crippen molar-refractivity contribution in [3.05, 3.63) is 203 Å². The Labute approximate surface area is 247 Å². The SMILES string of the molecule is C(=C(/c1ccccc1)c1ccc2ccccc2c1)/c1ccc(/C=C(\c2ccccc2)c2ccc3ccccc3c2)cc1. The third-order valence-electron chi connectivity index (χ3n) is 7.85. The minimum absolute atomic E-state index is 1.17. The second-order valence-corrected chi connectivity index (χ2v) is 10.6. The van der Waals surface area contributed by atoms with E-state index >= 15 is 0 Å². The molecule has 0 N–H and O–H groups in total. The van der Waals surface area contributed by atoms with Crippen LogP contribution in [0.25, 0.3) is 44.8 Å². The van der Waals surface area contributed by atoms with Crippen LogP contribution in [0.15, 0.2) is 170 Å². The summed E-state index contributed by atoms with van der Waals surface area (Å²) in [6.07, 6.45) is 4.60. The first-order valence-corrected chi connectivity index (χ1v) is 14.4. The summed E-state index contributed by atoms with van der Waals surface area (Å²) in [5.41, 5.74) is 9.62. The standard InChI is InChI=1S/C42H30/c1-3-13-35(14-4-1)41(39-25-23-33-11-7-9-17-37(33)29-39)27-31-19-21-32(22-20-31)28-42(36-15-5-2-6-16-36)40-26-24-34-12-8-10-18-38(34)30-40/h1-30H/b41-27+,42-28+. The molecule has 0 aliphatic rings. The van der Waals surface area contributed by atoms with Crippen molar-refractivity contribution >= 4 is 44.8 Å². The fraction of sp³-hybridized carbons (Fsp3) is 0. The molecule has 0 bridgehead atoms. The van der Waals surface area contributed by atoms with Crippen LogP contribution in [0.4, 0.5) is 0 Å². The third kappa shape index (κ3) is 5.44. The van der Waals surface area contributed by atoms with E-state index in [2.05, 4.69) is 182 Å². The summed E-state index contributed by atoms with van der Waals surface area (Å²) in [5, 5.41) is 5.01. The lowest BCUT2D eigenvalue weighted by molar-refractivity contribution is 1.55.